The smallest absolute Gasteiger partial charge is 0.338 e. The zero-order valence-corrected chi connectivity index (χ0v) is 20.8. The van der Waals surface area contributed by atoms with Gasteiger partial charge in [-0.15, -0.1) is 0 Å². The van der Waals surface area contributed by atoms with Crippen molar-refractivity contribution in [1.82, 2.24) is 10.2 Å². The first kappa shape index (κ1) is 24.8. The Morgan fingerprint density at radius 1 is 1.32 bits per heavy atom. The Hall–Kier alpha value is -2.33. The van der Waals surface area contributed by atoms with Crippen LogP contribution in [-0.2, 0) is 23.8 Å². The lowest BCUT2D eigenvalue weighted by Crippen LogP contribution is -2.39. The molecule has 3 aliphatic rings. The van der Waals surface area contributed by atoms with E-state index in [1.165, 1.54) is 11.8 Å². The number of carbonyl (C=O) groups is 2. The van der Waals surface area contributed by atoms with Gasteiger partial charge in [-0.2, -0.15) is 0 Å². The third-order valence-electron chi connectivity index (χ3n) is 5.83. The summed E-state index contributed by atoms with van der Waals surface area (Å²) in [6, 6.07) is 6.81. The summed E-state index contributed by atoms with van der Waals surface area (Å²) in [6.45, 7) is 3.43. The molecule has 1 aromatic rings. The molecule has 3 aliphatic heterocycles. The summed E-state index contributed by atoms with van der Waals surface area (Å²) in [6.07, 6.45) is 2.18. The van der Waals surface area contributed by atoms with Crippen molar-refractivity contribution in [3.8, 4) is 0 Å². The Kier molecular flexibility index (Phi) is 8.31. The van der Waals surface area contributed by atoms with Crippen LogP contribution in [0.1, 0.15) is 37.8 Å². The van der Waals surface area contributed by atoms with Crippen LogP contribution in [-0.4, -0.2) is 61.5 Å². The maximum absolute atomic E-state index is 13.2. The number of halogens is 1. The monoisotopic (exact) mass is 505 g/mol. The SMILES string of the molecule is COCCOC(=O)C1=C(C)N=C2SC=C(CC(=O)NC[C@H]3CCCO3)N2[C@@H]1c1ccccc1Cl. The second kappa shape index (κ2) is 11.4. The first-order chi connectivity index (χ1) is 16.5. The van der Waals surface area contributed by atoms with E-state index in [2.05, 4.69) is 10.3 Å². The topological polar surface area (TPSA) is 89.5 Å². The van der Waals surface area contributed by atoms with E-state index in [9.17, 15) is 9.59 Å². The van der Waals surface area contributed by atoms with E-state index >= 15 is 0 Å². The van der Waals surface area contributed by atoms with E-state index in [0.29, 0.717) is 34.6 Å². The van der Waals surface area contributed by atoms with Crippen LogP contribution in [0.3, 0.4) is 0 Å². The number of nitrogens with one attached hydrogen (secondary N) is 1. The summed E-state index contributed by atoms with van der Waals surface area (Å²) in [5.41, 5.74) is 2.43. The van der Waals surface area contributed by atoms with Gasteiger partial charge >= 0.3 is 5.97 Å². The highest BCUT2D eigenvalue weighted by atomic mass is 35.5. The molecule has 1 fully saturated rings. The minimum absolute atomic E-state index is 0.0675. The Morgan fingerprint density at radius 2 is 2.15 bits per heavy atom. The van der Waals surface area contributed by atoms with Crippen molar-refractivity contribution >= 4 is 40.4 Å². The van der Waals surface area contributed by atoms with Crippen LogP contribution in [0.4, 0.5) is 0 Å². The van der Waals surface area contributed by atoms with Crippen molar-refractivity contribution in [3.63, 3.8) is 0 Å². The maximum Gasteiger partial charge on any atom is 0.338 e. The number of carbonyl (C=O) groups excluding carboxylic acids is 2. The van der Waals surface area contributed by atoms with Gasteiger partial charge in [0, 0.05) is 31.0 Å². The molecule has 0 aromatic heterocycles. The predicted molar refractivity (Wildman–Crippen MR) is 131 cm³/mol. The molecule has 2 atom stereocenters. The summed E-state index contributed by atoms with van der Waals surface area (Å²) in [5.74, 6) is -0.599. The van der Waals surface area contributed by atoms with Crippen molar-refractivity contribution < 1.29 is 23.8 Å². The number of allylic oxidation sites excluding steroid dienone is 1. The Balaban J connectivity index is 1.59. The number of methoxy groups -OCH3 is 1. The number of thioether (sulfide) groups is 1. The Bertz CT molecular complexity index is 1040. The summed E-state index contributed by atoms with van der Waals surface area (Å²) in [5, 5.41) is 6.08. The van der Waals surface area contributed by atoms with Gasteiger partial charge in [0.2, 0.25) is 5.91 Å². The van der Waals surface area contributed by atoms with Gasteiger partial charge in [-0.05, 0) is 36.8 Å². The molecule has 0 saturated carbocycles. The van der Waals surface area contributed by atoms with E-state index in [1.807, 2.05) is 28.5 Å². The van der Waals surface area contributed by atoms with Gasteiger partial charge < -0.3 is 24.4 Å². The number of rotatable bonds is 9. The number of esters is 1. The van der Waals surface area contributed by atoms with Gasteiger partial charge in [0.1, 0.15) is 6.61 Å². The predicted octanol–water partition coefficient (Wildman–Crippen LogP) is 3.79. The number of amides is 1. The van der Waals surface area contributed by atoms with E-state index in [1.54, 1.807) is 20.1 Å². The van der Waals surface area contributed by atoms with Crippen molar-refractivity contribution in [2.45, 2.75) is 38.3 Å². The maximum atomic E-state index is 13.2. The molecule has 1 aromatic carbocycles. The van der Waals surface area contributed by atoms with E-state index in [4.69, 9.17) is 25.8 Å². The number of amidine groups is 1. The fourth-order valence-corrected chi connectivity index (χ4v) is 5.38. The standard InChI is InChI=1S/C24H28ClN3O5S/c1-15-21(23(30)33-11-10-31-2)22(18-7-3-4-8-19(18)25)28-16(14-34-24(28)27-15)12-20(29)26-13-17-6-5-9-32-17/h3-4,7-8,14,17,22H,5-6,9-13H2,1-2H3,(H,26,29)/t17-,22-/m1/s1. The summed E-state index contributed by atoms with van der Waals surface area (Å²) >= 11 is 8.01. The first-order valence-electron chi connectivity index (χ1n) is 11.2. The second-order valence-electron chi connectivity index (χ2n) is 8.16. The van der Waals surface area contributed by atoms with Gasteiger partial charge in [0.25, 0.3) is 0 Å². The largest absolute Gasteiger partial charge is 0.460 e. The van der Waals surface area contributed by atoms with Gasteiger partial charge in [-0.1, -0.05) is 41.6 Å². The summed E-state index contributed by atoms with van der Waals surface area (Å²) in [4.78, 5) is 32.5. The summed E-state index contributed by atoms with van der Waals surface area (Å²) in [7, 11) is 1.55. The van der Waals surface area contributed by atoms with Crippen molar-refractivity contribution in [2.75, 3.05) is 33.5 Å². The molecular formula is C24H28ClN3O5S. The lowest BCUT2D eigenvalue weighted by Gasteiger charge is -2.36. The fourth-order valence-electron chi connectivity index (χ4n) is 4.18. The first-order valence-corrected chi connectivity index (χ1v) is 12.5. The van der Waals surface area contributed by atoms with Crippen LogP contribution < -0.4 is 5.32 Å². The Morgan fingerprint density at radius 3 is 2.88 bits per heavy atom. The highest BCUT2D eigenvalue weighted by molar-refractivity contribution is 8.16. The molecule has 10 heteroatoms. The highest BCUT2D eigenvalue weighted by Gasteiger charge is 2.41. The number of hydrogen-bond donors (Lipinski definition) is 1. The van der Waals surface area contributed by atoms with Crippen molar-refractivity contribution in [2.24, 2.45) is 4.99 Å². The van der Waals surface area contributed by atoms with Gasteiger partial charge in [-0.25, -0.2) is 9.79 Å². The van der Waals surface area contributed by atoms with Crippen LogP contribution in [0, 0.1) is 0 Å². The zero-order valence-electron chi connectivity index (χ0n) is 19.2. The molecule has 0 unspecified atom stereocenters. The lowest BCUT2D eigenvalue weighted by molar-refractivity contribution is -0.141. The van der Waals surface area contributed by atoms with E-state index in [-0.39, 0.29) is 25.0 Å². The Labute approximate surface area is 208 Å². The molecule has 8 nitrogen and oxygen atoms in total. The van der Waals surface area contributed by atoms with Crippen LogP contribution in [0.15, 0.2) is 51.6 Å². The molecule has 1 N–H and O–H groups in total. The van der Waals surface area contributed by atoms with Gasteiger partial charge in [-0.3, -0.25) is 4.79 Å². The quantitative estimate of drug-likeness (QED) is 0.403. The molecule has 0 radical (unpaired) electrons. The molecule has 1 amide bonds. The third kappa shape index (κ3) is 5.49. The average molecular weight is 506 g/mol. The molecule has 34 heavy (non-hydrogen) atoms. The minimum Gasteiger partial charge on any atom is -0.460 e. The van der Waals surface area contributed by atoms with Crippen LogP contribution >= 0.6 is 23.4 Å². The van der Waals surface area contributed by atoms with Crippen LogP contribution in [0.2, 0.25) is 5.02 Å². The van der Waals surface area contributed by atoms with E-state index in [0.717, 1.165) is 30.7 Å². The van der Waals surface area contributed by atoms with Crippen molar-refractivity contribution in [1.29, 1.82) is 0 Å². The minimum atomic E-state index is -0.566. The summed E-state index contributed by atoms with van der Waals surface area (Å²) < 4.78 is 16.1. The van der Waals surface area contributed by atoms with Crippen LogP contribution in [0.25, 0.3) is 0 Å². The number of hydrogen-bond acceptors (Lipinski definition) is 8. The van der Waals surface area contributed by atoms with Gasteiger partial charge in [0.15, 0.2) is 5.17 Å². The van der Waals surface area contributed by atoms with Crippen molar-refractivity contribution in [3.05, 3.63) is 57.2 Å². The molecule has 3 heterocycles. The van der Waals surface area contributed by atoms with Gasteiger partial charge in [0.05, 0.1) is 36.4 Å². The molecule has 1 saturated heterocycles. The average Bonchev–Trinajstić information content (AvgIpc) is 3.47. The zero-order chi connectivity index (χ0) is 24.1. The second-order valence-corrected chi connectivity index (χ2v) is 9.40. The normalized spacial score (nSPS) is 21.8. The fraction of sp³-hybridized carbons (Fsp3) is 0.458. The molecule has 0 spiro atoms. The molecule has 182 valence electrons. The highest BCUT2D eigenvalue weighted by Crippen LogP contribution is 2.46. The van der Waals surface area contributed by atoms with E-state index < -0.39 is 12.0 Å². The molecule has 0 aliphatic carbocycles. The third-order valence-corrected chi connectivity index (χ3v) is 7.07. The number of nitrogens with zero attached hydrogens (tertiary/aromatic N) is 2. The number of aliphatic imine (C=N–C) groups is 1. The lowest BCUT2D eigenvalue weighted by atomic mass is 9.93. The number of fused-ring (bicyclic) bond motifs is 1. The number of benzene rings is 1. The van der Waals surface area contributed by atoms with Crippen LogP contribution in [0.5, 0.6) is 0 Å². The molecule has 4 rings (SSSR count). The molecular weight excluding hydrogens is 478 g/mol. The number of ether oxygens (including phenoxy) is 3. The molecule has 0 bridgehead atoms.